The lowest BCUT2D eigenvalue weighted by atomic mass is 10.1. The number of benzene rings is 1. The Balaban J connectivity index is 3.13. The van der Waals surface area contributed by atoms with Crippen molar-refractivity contribution in [2.45, 2.75) is 12.2 Å². The Labute approximate surface area is 105 Å². The van der Waals surface area contributed by atoms with Crippen molar-refractivity contribution in [1.29, 1.82) is 0 Å². The fourth-order valence-electron chi connectivity index (χ4n) is 1.08. The molecule has 0 aliphatic carbocycles. The molecule has 0 bridgehead atoms. The number of rotatable bonds is 3. The van der Waals surface area contributed by atoms with E-state index in [9.17, 15) is 14.6 Å². The summed E-state index contributed by atoms with van der Waals surface area (Å²) in [6, 6.07) is 2.37. The Bertz CT molecular complexity index is 362. The van der Waals surface area contributed by atoms with Gasteiger partial charge in [0.25, 0.3) is 0 Å². The second-order valence-corrected chi connectivity index (χ2v) is 4.42. The third-order valence-corrected chi connectivity index (χ3v) is 3.14. The maximum absolute atomic E-state index is 13.1. The SMILES string of the molecule is OC(CBr)C(O)c1cc(Cl)cc(F)c1Cl. The van der Waals surface area contributed by atoms with E-state index >= 15 is 0 Å². The van der Waals surface area contributed by atoms with Gasteiger partial charge in [0.1, 0.15) is 11.9 Å². The quantitative estimate of drug-likeness (QED) is 0.665. The molecule has 0 saturated heterocycles. The van der Waals surface area contributed by atoms with E-state index in [1.807, 2.05) is 0 Å². The first-order valence-corrected chi connectivity index (χ1v) is 5.91. The van der Waals surface area contributed by atoms with Crippen LogP contribution in [-0.4, -0.2) is 21.6 Å². The molecule has 0 radical (unpaired) electrons. The van der Waals surface area contributed by atoms with Crippen LogP contribution < -0.4 is 0 Å². The summed E-state index contributed by atoms with van der Waals surface area (Å²) in [6.45, 7) is 0. The molecule has 0 aromatic heterocycles. The number of aliphatic hydroxyl groups is 2. The highest BCUT2D eigenvalue weighted by atomic mass is 79.9. The molecule has 0 fully saturated rings. The van der Waals surface area contributed by atoms with Crippen LogP contribution in [0.5, 0.6) is 0 Å². The molecule has 1 aromatic rings. The molecule has 15 heavy (non-hydrogen) atoms. The van der Waals surface area contributed by atoms with E-state index in [4.69, 9.17) is 23.2 Å². The van der Waals surface area contributed by atoms with Crippen LogP contribution >= 0.6 is 39.1 Å². The first-order valence-electron chi connectivity index (χ1n) is 4.04. The molecule has 2 unspecified atom stereocenters. The Morgan fingerprint density at radius 1 is 1.33 bits per heavy atom. The van der Waals surface area contributed by atoms with Crippen molar-refractivity contribution in [3.63, 3.8) is 0 Å². The highest BCUT2D eigenvalue weighted by molar-refractivity contribution is 9.09. The molecular weight excluding hydrogens is 310 g/mol. The summed E-state index contributed by atoms with van der Waals surface area (Å²) in [5, 5.41) is 19.0. The van der Waals surface area contributed by atoms with E-state index in [1.54, 1.807) is 0 Å². The van der Waals surface area contributed by atoms with Gasteiger partial charge in [-0.1, -0.05) is 39.1 Å². The minimum Gasteiger partial charge on any atom is -0.389 e. The summed E-state index contributed by atoms with van der Waals surface area (Å²) in [4.78, 5) is 0. The third-order valence-electron chi connectivity index (χ3n) is 1.86. The topological polar surface area (TPSA) is 40.5 Å². The van der Waals surface area contributed by atoms with Gasteiger partial charge in [0, 0.05) is 15.9 Å². The van der Waals surface area contributed by atoms with Crippen molar-refractivity contribution >= 4 is 39.1 Å². The van der Waals surface area contributed by atoms with E-state index in [2.05, 4.69) is 15.9 Å². The van der Waals surface area contributed by atoms with Crippen LogP contribution in [0.15, 0.2) is 12.1 Å². The molecule has 2 atom stereocenters. The minimum atomic E-state index is -1.27. The van der Waals surface area contributed by atoms with Crippen molar-refractivity contribution in [3.05, 3.63) is 33.6 Å². The summed E-state index contributed by atoms with van der Waals surface area (Å²) in [6.07, 6.45) is -2.34. The largest absolute Gasteiger partial charge is 0.389 e. The third kappa shape index (κ3) is 3.04. The number of hydrogen-bond acceptors (Lipinski definition) is 2. The summed E-state index contributed by atoms with van der Waals surface area (Å²) in [5.41, 5.74) is 0.0774. The minimum absolute atomic E-state index is 0.0774. The summed E-state index contributed by atoms with van der Waals surface area (Å²) >= 11 is 14.2. The zero-order valence-corrected chi connectivity index (χ0v) is 10.5. The first-order chi connectivity index (χ1) is 6.97. The smallest absolute Gasteiger partial charge is 0.143 e. The van der Waals surface area contributed by atoms with E-state index in [0.29, 0.717) is 0 Å². The molecule has 1 aromatic carbocycles. The van der Waals surface area contributed by atoms with Crippen molar-refractivity contribution in [2.24, 2.45) is 0 Å². The average molecular weight is 318 g/mol. The maximum atomic E-state index is 13.1. The monoisotopic (exact) mass is 316 g/mol. The molecule has 84 valence electrons. The zero-order valence-electron chi connectivity index (χ0n) is 7.42. The van der Waals surface area contributed by atoms with Gasteiger partial charge >= 0.3 is 0 Å². The lowest BCUT2D eigenvalue weighted by molar-refractivity contribution is 0.0342. The van der Waals surface area contributed by atoms with Crippen LogP contribution in [-0.2, 0) is 0 Å². The van der Waals surface area contributed by atoms with Crippen LogP contribution in [0, 0.1) is 5.82 Å². The first kappa shape index (κ1) is 13.2. The number of halogens is 4. The Morgan fingerprint density at radius 2 is 1.93 bits per heavy atom. The van der Waals surface area contributed by atoms with Gasteiger partial charge in [-0.25, -0.2) is 4.39 Å². The van der Waals surface area contributed by atoms with Crippen molar-refractivity contribution in [1.82, 2.24) is 0 Å². The molecule has 1 rings (SSSR count). The van der Waals surface area contributed by atoms with E-state index in [-0.39, 0.29) is 20.9 Å². The van der Waals surface area contributed by atoms with Crippen molar-refractivity contribution in [2.75, 3.05) is 5.33 Å². The summed E-state index contributed by atoms with van der Waals surface area (Å²) < 4.78 is 13.1. The van der Waals surface area contributed by atoms with Gasteiger partial charge in [-0.2, -0.15) is 0 Å². The molecule has 0 aliphatic rings. The van der Waals surface area contributed by atoms with Gasteiger partial charge < -0.3 is 10.2 Å². The van der Waals surface area contributed by atoms with Crippen LogP contribution in [0.2, 0.25) is 10.0 Å². The Kier molecular flexibility index (Phi) is 4.80. The van der Waals surface area contributed by atoms with Crippen LogP contribution in [0.4, 0.5) is 4.39 Å². The standard InChI is InChI=1S/C9H8BrCl2FO2/c10-3-7(14)9(15)5-1-4(11)2-6(13)8(5)12/h1-2,7,9,14-15H,3H2. The highest BCUT2D eigenvalue weighted by Crippen LogP contribution is 2.31. The predicted octanol–water partition coefficient (Wildman–Crippen LogP) is 2.92. The number of aliphatic hydroxyl groups excluding tert-OH is 2. The predicted molar refractivity (Wildman–Crippen MR) is 61.2 cm³/mol. The van der Waals surface area contributed by atoms with E-state index in [0.717, 1.165) is 6.07 Å². The molecule has 0 amide bonds. The lowest BCUT2D eigenvalue weighted by Crippen LogP contribution is -2.20. The number of alkyl halides is 1. The average Bonchev–Trinajstić information content (AvgIpc) is 2.21. The van der Waals surface area contributed by atoms with Crippen LogP contribution in [0.3, 0.4) is 0 Å². The maximum Gasteiger partial charge on any atom is 0.143 e. The van der Waals surface area contributed by atoms with Gasteiger partial charge in [0.15, 0.2) is 0 Å². The molecule has 0 aliphatic heterocycles. The molecule has 2 N–H and O–H groups in total. The lowest BCUT2D eigenvalue weighted by Gasteiger charge is -2.17. The molecule has 0 spiro atoms. The zero-order chi connectivity index (χ0) is 11.6. The fourth-order valence-corrected chi connectivity index (χ4v) is 1.87. The normalized spacial score (nSPS) is 15.1. The van der Waals surface area contributed by atoms with Gasteiger partial charge in [-0.05, 0) is 12.1 Å². The second-order valence-electron chi connectivity index (χ2n) is 2.96. The summed E-state index contributed by atoms with van der Waals surface area (Å²) in [7, 11) is 0. The molecular formula is C9H8BrCl2FO2. The van der Waals surface area contributed by atoms with Gasteiger partial charge in [0.05, 0.1) is 11.1 Å². The van der Waals surface area contributed by atoms with Gasteiger partial charge in [-0.3, -0.25) is 0 Å². The second kappa shape index (κ2) is 5.46. The van der Waals surface area contributed by atoms with Crippen LogP contribution in [0.1, 0.15) is 11.7 Å². The van der Waals surface area contributed by atoms with Crippen molar-refractivity contribution < 1.29 is 14.6 Å². The number of hydrogen-bond donors (Lipinski definition) is 2. The Hall–Kier alpha value is 0.130. The summed E-state index contributed by atoms with van der Waals surface area (Å²) in [5.74, 6) is -0.722. The van der Waals surface area contributed by atoms with E-state index in [1.165, 1.54) is 6.07 Å². The van der Waals surface area contributed by atoms with E-state index < -0.39 is 18.0 Å². The van der Waals surface area contributed by atoms with Gasteiger partial charge in [0.2, 0.25) is 0 Å². The van der Waals surface area contributed by atoms with Crippen molar-refractivity contribution in [3.8, 4) is 0 Å². The van der Waals surface area contributed by atoms with Crippen LogP contribution in [0.25, 0.3) is 0 Å². The molecule has 0 heterocycles. The molecule has 0 saturated carbocycles. The fraction of sp³-hybridized carbons (Fsp3) is 0.333. The highest BCUT2D eigenvalue weighted by Gasteiger charge is 2.22. The Morgan fingerprint density at radius 3 is 2.47 bits per heavy atom. The molecule has 2 nitrogen and oxygen atoms in total. The van der Waals surface area contributed by atoms with Gasteiger partial charge in [-0.15, -0.1) is 0 Å². The molecule has 6 heteroatoms.